The Morgan fingerprint density at radius 3 is 2.41 bits per heavy atom. The quantitative estimate of drug-likeness (QED) is 0.728. The fourth-order valence-electron chi connectivity index (χ4n) is 4.01. The SMILES string of the molecule is Cc1nn(-c2ccc(F)cc2)c(Cl)c1C(=O)N1CCN(C2CCS(=O)(=O)C2)CC1. The molecule has 2 fully saturated rings. The van der Waals surface area contributed by atoms with Crippen LogP contribution in [-0.4, -0.2) is 77.6 Å². The van der Waals surface area contributed by atoms with Crippen molar-refractivity contribution in [1.82, 2.24) is 19.6 Å². The van der Waals surface area contributed by atoms with Gasteiger partial charge in [0.25, 0.3) is 5.91 Å². The van der Waals surface area contributed by atoms with Crippen LogP contribution >= 0.6 is 11.6 Å². The monoisotopic (exact) mass is 440 g/mol. The molecule has 0 aliphatic carbocycles. The normalized spacial score (nSPS) is 22.2. The van der Waals surface area contributed by atoms with Crippen LogP contribution in [0.1, 0.15) is 22.5 Å². The first-order valence-corrected chi connectivity index (χ1v) is 11.7. The predicted octanol–water partition coefficient (Wildman–Crippen LogP) is 1.92. The summed E-state index contributed by atoms with van der Waals surface area (Å²) in [5.74, 6) is -0.109. The van der Waals surface area contributed by atoms with Crippen LogP contribution in [-0.2, 0) is 9.84 Å². The zero-order valence-corrected chi connectivity index (χ0v) is 17.6. The molecule has 156 valence electrons. The largest absolute Gasteiger partial charge is 0.336 e. The van der Waals surface area contributed by atoms with Gasteiger partial charge in [-0.25, -0.2) is 17.5 Å². The maximum Gasteiger partial charge on any atom is 0.258 e. The number of rotatable bonds is 3. The van der Waals surface area contributed by atoms with Gasteiger partial charge >= 0.3 is 0 Å². The first-order valence-electron chi connectivity index (χ1n) is 9.50. The minimum absolute atomic E-state index is 0.0452. The molecule has 1 amide bonds. The highest BCUT2D eigenvalue weighted by Gasteiger charge is 2.35. The number of nitrogens with zero attached hydrogens (tertiary/aromatic N) is 4. The van der Waals surface area contributed by atoms with Crippen LogP contribution in [0.15, 0.2) is 24.3 Å². The van der Waals surface area contributed by atoms with Crippen LogP contribution in [0.4, 0.5) is 4.39 Å². The second kappa shape index (κ2) is 7.70. The van der Waals surface area contributed by atoms with Crippen LogP contribution < -0.4 is 0 Å². The highest BCUT2D eigenvalue weighted by atomic mass is 35.5. The molecule has 10 heteroatoms. The summed E-state index contributed by atoms with van der Waals surface area (Å²) >= 11 is 6.46. The Labute approximate surface area is 174 Å². The molecule has 0 radical (unpaired) electrons. The Bertz CT molecular complexity index is 1030. The molecule has 1 aromatic heterocycles. The number of hydrogen-bond donors (Lipinski definition) is 0. The van der Waals surface area contributed by atoms with E-state index in [-0.39, 0.29) is 34.4 Å². The predicted molar refractivity (Wildman–Crippen MR) is 108 cm³/mol. The molecule has 2 aromatic rings. The number of sulfone groups is 1. The van der Waals surface area contributed by atoms with E-state index in [2.05, 4.69) is 10.00 Å². The fourth-order valence-corrected chi connectivity index (χ4v) is 6.12. The molecular formula is C19H22ClFN4O3S. The summed E-state index contributed by atoms with van der Waals surface area (Å²) in [6.07, 6.45) is 0.658. The minimum atomic E-state index is -2.93. The van der Waals surface area contributed by atoms with Gasteiger partial charge in [-0.15, -0.1) is 0 Å². The van der Waals surface area contributed by atoms with E-state index in [1.54, 1.807) is 24.0 Å². The van der Waals surface area contributed by atoms with E-state index in [1.807, 2.05) is 0 Å². The third kappa shape index (κ3) is 4.04. The van der Waals surface area contributed by atoms with Gasteiger partial charge < -0.3 is 4.90 Å². The summed E-state index contributed by atoms with van der Waals surface area (Å²) in [7, 11) is -2.93. The van der Waals surface area contributed by atoms with Gasteiger partial charge in [0.05, 0.1) is 28.5 Å². The van der Waals surface area contributed by atoms with E-state index in [0.717, 1.165) is 0 Å². The standard InChI is InChI=1S/C19H22ClFN4O3S/c1-13-17(18(20)25(22-13)15-4-2-14(21)3-5-15)19(26)24-9-7-23(8-10-24)16-6-11-29(27,28)12-16/h2-5,16H,6-12H2,1H3. The van der Waals surface area contributed by atoms with E-state index < -0.39 is 9.84 Å². The van der Waals surface area contributed by atoms with Crippen molar-refractivity contribution in [3.63, 3.8) is 0 Å². The number of benzene rings is 1. The number of carbonyl (C=O) groups is 1. The molecule has 2 saturated heterocycles. The number of halogens is 2. The smallest absolute Gasteiger partial charge is 0.258 e. The van der Waals surface area contributed by atoms with E-state index in [4.69, 9.17) is 11.6 Å². The van der Waals surface area contributed by atoms with Gasteiger partial charge in [0.15, 0.2) is 9.84 Å². The van der Waals surface area contributed by atoms with Gasteiger partial charge in [-0.1, -0.05) is 11.6 Å². The first-order chi connectivity index (χ1) is 13.7. The van der Waals surface area contributed by atoms with Crippen LogP contribution in [0.2, 0.25) is 5.15 Å². The van der Waals surface area contributed by atoms with Crippen molar-refractivity contribution in [1.29, 1.82) is 0 Å². The lowest BCUT2D eigenvalue weighted by molar-refractivity contribution is 0.0587. The van der Waals surface area contributed by atoms with Crippen molar-refractivity contribution in [3.8, 4) is 5.69 Å². The zero-order valence-electron chi connectivity index (χ0n) is 16.0. The average Bonchev–Trinajstić information content (AvgIpc) is 3.20. The molecule has 3 heterocycles. The number of aromatic nitrogens is 2. The van der Waals surface area contributed by atoms with Gasteiger partial charge in [0, 0.05) is 32.2 Å². The van der Waals surface area contributed by atoms with Gasteiger partial charge in [0.1, 0.15) is 11.0 Å². The van der Waals surface area contributed by atoms with Crippen LogP contribution in [0.5, 0.6) is 0 Å². The van der Waals surface area contributed by atoms with Gasteiger partial charge in [-0.05, 0) is 37.6 Å². The zero-order chi connectivity index (χ0) is 20.8. The lowest BCUT2D eigenvalue weighted by Gasteiger charge is -2.37. The van der Waals surface area contributed by atoms with Crippen molar-refractivity contribution in [2.24, 2.45) is 0 Å². The summed E-state index contributed by atoms with van der Waals surface area (Å²) < 4.78 is 38.1. The van der Waals surface area contributed by atoms with E-state index in [1.165, 1.54) is 16.8 Å². The Morgan fingerprint density at radius 2 is 1.83 bits per heavy atom. The summed E-state index contributed by atoms with van der Waals surface area (Å²) in [6.45, 7) is 4.00. The highest BCUT2D eigenvalue weighted by Crippen LogP contribution is 2.26. The second-order valence-electron chi connectivity index (χ2n) is 7.52. The Hall–Kier alpha value is -1.97. The van der Waals surface area contributed by atoms with Crippen LogP contribution in [0.25, 0.3) is 5.69 Å². The molecule has 4 rings (SSSR count). The van der Waals surface area contributed by atoms with Gasteiger partial charge in [0.2, 0.25) is 0 Å². The number of hydrogen-bond acceptors (Lipinski definition) is 5. The van der Waals surface area contributed by atoms with Crippen molar-refractivity contribution >= 4 is 27.3 Å². The molecule has 7 nitrogen and oxygen atoms in total. The summed E-state index contributed by atoms with van der Waals surface area (Å²) in [4.78, 5) is 17.0. The second-order valence-corrected chi connectivity index (χ2v) is 10.1. The highest BCUT2D eigenvalue weighted by molar-refractivity contribution is 7.91. The summed E-state index contributed by atoms with van der Waals surface area (Å²) in [5, 5.41) is 4.56. The third-order valence-electron chi connectivity index (χ3n) is 5.62. The molecular weight excluding hydrogens is 419 g/mol. The molecule has 1 atom stereocenters. The molecule has 1 unspecified atom stereocenters. The first kappa shape index (κ1) is 20.3. The lowest BCUT2D eigenvalue weighted by atomic mass is 10.1. The number of amides is 1. The van der Waals surface area contributed by atoms with Crippen molar-refractivity contribution in [3.05, 3.63) is 46.5 Å². The molecule has 1 aromatic carbocycles. The Balaban J connectivity index is 1.47. The topological polar surface area (TPSA) is 75.5 Å². The average molecular weight is 441 g/mol. The van der Waals surface area contributed by atoms with E-state index in [9.17, 15) is 17.6 Å². The number of carbonyl (C=O) groups excluding carboxylic acids is 1. The summed E-state index contributed by atoms with van der Waals surface area (Å²) in [5.41, 5.74) is 1.42. The maximum absolute atomic E-state index is 13.2. The Morgan fingerprint density at radius 1 is 1.17 bits per heavy atom. The molecule has 2 aliphatic rings. The molecule has 0 N–H and O–H groups in total. The third-order valence-corrected chi connectivity index (χ3v) is 7.71. The van der Waals surface area contributed by atoms with Crippen molar-refractivity contribution in [2.75, 3.05) is 37.7 Å². The molecule has 2 aliphatic heterocycles. The van der Waals surface area contributed by atoms with E-state index >= 15 is 0 Å². The van der Waals surface area contributed by atoms with Crippen LogP contribution in [0.3, 0.4) is 0 Å². The molecule has 0 saturated carbocycles. The van der Waals surface area contributed by atoms with Crippen molar-refractivity contribution < 1.29 is 17.6 Å². The summed E-state index contributed by atoms with van der Waals surface area (Å²) in [6, 6.07) is 5.77. The van der Waals surface area contributed by atoms with Crippen LogP contribution in [0, 0.1) is 12.7 Å². The fraction of sp³-hybridized carbons (Fsp3) is 0.474. The van der Waals surface area contributed by atoms with E-state index in [0.29, 0.717) is 49.5 Å². The minimum Gasteiger partial charge on any atom is -0.336 e. The Kier molecular flexibility index (Phi) is 5.39. The molecule has 0 spiro atoms. The lowest BCUT2D eigenvalue weighted by Crippen LogP contribution is -2.52. The number of piperazine rings is 1. The van der Waals surface area contributed by atoms with Gasteiger partial charge in [-0.3, -0.25) is 9.69 Å². The molecule has 0 bridgehead atoms. The molecule has 29 heavy (non-hydrogen) atoms. The maximum atomic E-state index is 13.2. The van der Waals surface area contributed by atoms with Crippen molar-refractivity contribution in [2.45, 2.75) is 19.4 Å². The number of aryl methyl sites for hydroxylation is 1. The van der Waals surface area contributed by atoms with Gasteiger partial charge in [-0.2, -0.15) is 5.10 Å².